The number of hydrogen-bond donors (Lipinski definition) is 0. The zero-order chi connectivity index (χ0) is 14.5. The van der Waals surface area contributed by atoms with Crippen LogP contribution in [0.1, 0.15) is 36.0 Å². The fourth-order valence-corrected chi connectivity index (χ4v) is 2.76. The van der Waals surface area contributed by atoms with Crippen LogP contribution < -0.4 is 4.74 Å². The first-order valence-corrected chi connectivity index (χ1v) is 8.90. The summed E-state index contributed by atoms with van der Waals surface area (Å²) in [5, 5.41) is 0. The summed E-state index contributed by atoms with van der Waals surface area (Å²) in [4.78, 5) is 0. The molecule has 5 heteroatoms. The number of aryl methyl sites for hydroxylation is 2. The monoisotopic (exact) mass is 304 g/mol. The fourth-order valence-electron chi connectivity index (χ4n) is 1.89. The van der Waals surface area contributed by atoms with Crippen molar-refractivity contribution < 1.29 is 13.2 Å². The Hall–Kier alpha value is -0.740. The Labute approximate surface area is 120 Å². The highest BCUT2D eigenvalue weighted by molar-refractivity contribution is 8.13. The number of unbranched alkanes of at least 4 members (excludes halogenated alkanes) is 2. The van der Waals surface area contributed by atoms with Gasteiger partial charge in [-0.05, 0) is 62.8 Å². The minimum Gasteiger partial charge on any atom is -0.493 e. The molecule has 0 saturated heterocycles. The summed E-state index contributed by atoms with van der Waals surface area (Å²) >= 11 is 0. The van der Waals surface area contributed by atoms with Crippen molar-refractivity contribution in [3.05, 3.63) is 28.8 Å². The minimum atomic E-state index is -3.35. The van der Waals surface area contributed by atoms with Crippen LogP contribution in [0.2, 0.25) is 0 Å². The Bertz CT molecular complexity index is 524. The van der Waals surface area contributed by atoms with Gasteiger partial charge in [0.25, 0.3) is 0 Å². The van der Waals surface area contributed by atoms with Crippen molar-refractivity contribution >= 4 is 19.7 Å². The van der Waals surface area contributed by atoms with Gasteiger partial charge in [-0.3, -0.25) is 0 Å². The molecule has 108 valence electrons. The summed E-state index contributed by atoms with van der Waals surface area (Å²) in [6.45, 7) is 6.77. The number of hydrogen-bond acceptors (Lipinski definition) is 3. The maximum Gasteiger partial charge on any atom is 0.232 e. The molecule has 3 nitrogen and oxygen atoms in total. The van der Waals surface area contributed by atoms with Gasteiger partial charge in [-0.25, -0.2) is 8.42 Å². The second-order valence-electron chi connectivity index (χ2n) is 4.86. The largest absolute Gasteiger partial charge is 0.493 e. The van der Waals surface area contributed by atoms with Crippen LogP contribution in [0.3, 0.4) is 0 Å². The molecule has 0 atom stereocenters. The topological polar surface area (TPSA) is 43.4 Å². The lowest BCUT2D eigenvalue weighted by Crippen LogP contribution is -2.02. The van der Waals surface area contributed by atoms with Crippen molar-refractivity contribution in [1.82, 2.24) is 0 Å². The van der Waals surface area contributed by atoms with Crippen molar-refractivity contribution in [2.45, 2.75) is 40.0 Å². The second kappa shape index (κ2) is 7.15. The van der Waals surface area contributed by atoms with Crippen molar-refractivity contribution in [3.63, 3.8) is 0 Å². The molecule has 0 radical (unpaired) electrons. The Morgan fingerprint density at radius 3 is 2.42 bits per heavy atom. The molecule has 0 aromatic heterocycles. The summed E-state index contributed by atoms with van der Waals surface area (Å²) in [6.07, 6.45) is 2.22. The zero-order valence-corrected chi connectivity index (χ0v) is 13.3. The Morgan fingerprint density at radius 2 is 1.79 bits per heavy atom. The summed E-state index contributed by atoms with van der Waals surface area (Å²) < 4.78 is 27.2. The van der Waals surface area contributed by atoms with Crippen LogP contribution in [0.15, 0.2) is 12.1 Å². The van der Waals surface area contributed by atoms with E-state index in [0.717, 1.165) is 24.2 Å². The van der Waals surface area contributed by atoms with E-state index in [1.807, 2.05) is 19.9 Å². The van der Waals surface area contributed by atoms with E-state index in [9.17, 15) is 8.42 Å². The third kappa shape index (κ3) is 6.30. The highest BCUT2D eigenvalue weighted by Crippen LogP contribution is 2.23. The normalized spacial score (nSPS) is 11.6. The van der Waals surface area contributed by atoms with Crippen molar-refractivity contribution in [1.29, 1.82) is 0 Å². The van der Waals surface area contributed by atoms with Crippen molar-refractivity contribution in [3.8, 4) is 5.75 Å². The van der Waals surface area contributed by atoms with E-state index in [0.29, 0.717) is 13.0 Å². The van der Waals surface area contributed by atoms with Crippen LogP contribution in [0.4, 0.5) is 0 Å². The van der Waals surface area contributed by atoms with Gasteiger partial charge in [0.2, 0.25) is 9.05 Å². The van der Waals surface area contributed by atoms with E-state index in [2.05, 4.69) is 13.0 Å². The highest BCUT2D eigenvalue weighted by Gasteiger charge is 2.05. The molecule has 1 aromatic rings. The van der Waals surface area contributed by atoms with Crippen LogP contribution in [-0.2, 0) is 9.05 Å². The molecule has 0 aliphatic carbocycles. The smallest absolute Gasteiger partial charge is 0.232 e. The predicted molar refractivity (Wildman–Crippen MR) is 79.6 cm³/mol. The quantitative estimate of drug-likeness (QED) is 0.569. The van der Waals surface area contributed by atoms with Crippen molar-refractivity contribution in [2.24, 2.45) is 0 Å². The summed E-state index contributed by atoms with van der Waals surface area (Å²) in [5.74, 6) is 0.958. The molecule has 0 fully saturated rings. The molecular formula is C14H21ClO3S. The molecule has 0 aliphatic rings. The predicted octanol–water partition coefficient (Wildman–Crippen LogP) is 3.73. The van der Waals surface area contributed by atoms with Crippen LogP contribution in [0, 0.1) is 20.8 Å². The Kier molecular flexibility index (Phi) is 6.14. The van der Waals surface area contributed by atoms with E-state index >= 15 is 0 Å². The molecule has 0 heterocycles. The van der Waals surface area contributed by atoms with Crippen LogP contribution in [-0.4, -0.2) is 20.8 Å². The van der Waals surface area contributed by atoms with E-state index in [4.69, 9.17) is 15.4 Å². The van der Waals surface area contributed by atoms with Gasteiger partial charge in [-0.15, -0.1) is 0 Å². The average Bonchev–Trinajstić information content (AvgIpc) is 2.28. The van der Waals surface area contributed by atoms with E-state index < -0.39 is 9.05 Å². The van der Waals surface area contributed by atoms with Crippen LogP contribution >= 0.6 is 10.7 Å². The fraction of sp³-hybridized carbons (Fsp3) is 0.571. The van der Waals surface area contributed by atoms with Gasteiger partial charge in [-0.1, -0.05) is 6.07 Å². The Balaban J connectivity index is 2.34. The molecule has 19 heavy (non-hydrogen) atoms. The zero-order valence-electron chi connectivity index (χ0n) is 11.7. The molecule has 0 N–H and O–H groups in total. The van der Waals surface area contributed by atoms with Crippen LogP contribution in [0.5, 0.6) is 5.75 Å². The molecule has 0 spiro atoms. The van der Waals surface area contributed by atoms with E-state index in [-0.39, 0.29) is 5.75 Å². The SMILES string of the molecule is Cc1cc(C)c(C)c(OCCCCCS(=O)(=O)Cl)c1. The molecule has 0 aliphatic heterocycles. The summed E-state index contributed by atoms with van der Waals surface area (Å²) in [7, 11) is 1.79. The van der Waals surface area contributed by atoms with E-state index in [1.54, 1.807) is 0 Å². The molecule has 0 unspecified atom stereocenters. The van der Waals surface area contributed by atoms with Gasteiger partial charge < -0.3 is 4.74 Å². The second-order valence-corrected chi connectivity index (χ2v) is 7.75. The average molecular weight is 305 g/mol. The third-order valence-corrected chi connectivity index (χ3v) is 4.29. The van der Waals surface area contributed by atoms with Gasteiger partial charge in [0, 0.05) is 10.7 Å². The first kappa shape index (κ1) is 16.3. The van der Waals surface area contributed by atoms with Gasteiger partial charge in [0.15, 0.2) is 0 Å². The first-order valence-electron chi connectivity index (χ1n) is 6.42. The molecule has 1 rings (SSSR count). The lowest BCUT2D eigenvalue weighted by atomic mass is 10.1. The summed E-state index contributed by atoms with van der Waals surface area (Å²) in [6, 6.07) is 4.17. The van der Waals surface area contributed by atoms with Gasteiger partial charge in [-0.2, -0.15) is 0 Å². The standard InChI is InChI=1S/C14H21ClO3S/c1-11-9-12(2)13(3)14(10-11)18-7-5-4-6-8-19(15,16)17/h9-10H,4-8H2,1-3H3. The molecular weight excluding hydrogens is 284 g/mol. The summed E-state index contributed by atoms with van der Waals surface area (Å²) in [5.41, 5.74) is 3.57. The van der Waals surface area contributed by atoms with Crippen molar-refractivity contribution in [2.75, 3.05) is 12.4 Å². The number of halogens is 1. The van der Waals surface area contributed by atoms with Gasteiger partial charge in [0.05, 0.1) is 12.4 Å². The molecule has 0 saturated carbocycles. The molecule has 0 bridgehead atoms. The lowest BCUT2D eigenvalue weighted by molar-refractivity contribution is 0.304. The first-order chi connectivity index (χ1) is 8.79. The Morgan fingerprint density at radius 1 is 1.11 bits per heavy atom. The lowest BCUT2D eigenvalue weighted by Gasteiger charge is -2.12. The number of benzene rings is 1. The third-order valence-electron chi connectivity index (χ3n) is 3.05. The molecule has 0 amide bonds. The number of rotatable bonds is 7. The van der Waals surface area contributed by atoms with Gasteiger partial charge in [0.1, 0.15) is 5.75 Å². The maximum atomic E-state index is 10.7. The van der Waals surface area contributed by atoms with Crippen LogP contribution in [0.25, 0.3) is 0 Å². The highest BCUT2D eigenvalue weighted by atomic mass is 35.7. The molecule has 1 aromatic carbocycles. The minimum absolute atomic E-state index is 0.0388. The van der Waals surface area contributed by atoms with E-state index in [1.165, 1.54) is 11.1 Å². The van der Waals surface area contributed by atoms with Gasteiger partial charge >= 0.3 is 0 Å². The number of ether oxygens (including phenoxy) is 1. The maximum absolute atomic E-state index is 10.7.